The van der Waals surface area contributed by atoms with Gasteiger partial charge in [-0.2, -0.15) is 0 Å². The lowest BCUT2D eigenvalue weighted by molar-refractivity contribution is -0.140. The highest BCUT2D eigenvalue weighted by atomic mass is 16.5. The van der Waals surface area contributed by atoms with Crippen molar-refractivity contribution in [3.63, 3.8) is 0 Å². The highest BCUT2D eigenvalue weighted by Gasteiger charge is 2.23. The predicted octanol–water partition coefficient (Wildman–Crippen LogP) is 0.334. The smallest absolute Gasteiger partial charge is 0.334 e. The van der Waals surface area contributed by atoms with Gasteiger partial charge in [-0.05, 0) is 12.5 Å². The maximum Gasteiger partial charge on any atom is 0.334 e. The maximum atomic E-state index is 10.8. The van der Waals surface area contributed by atoms with Crippen molar-refractivity contribution in [2.75, 3.05) is 6.61 Å². The molecule has 60 valence electrons. The molecule has 0 radical (unpaired) electrons. The molecule has 0 bridgehead atoms. The van der Waals surface area contributed by atoms with E-state index in [0.717, 1.165) is 5.57 Å². The second kappa shape index (κ2) is 2.74. The average molecular weight is 156 g/mol. The fourth-order valence-corrected chi connectivity index (χ4v) is 0.897. The molecular weight excluding hydrogens is 148 g/mol. The van der Waals surface area contributed by atoms with Crippen LogP contribution in [0.4, 0.5) is 0 Å². The van der Waals surface area contributed by atoms with Crippen LogP contribution in [0.5, 0.6) is 0 Å². The minimum Gasteiger partial charge on any atom is -0.481 e. The van der Waals surface area contributed by atoms with E-state index in [9.17, 15) is 9.59 Å². The van der Waals surface area contributed by atoms with Crippen LogP contribution >= 0.6 is 0 Å². The molecule has 0 aromatic rings. The molecule has 1 heterocycles. The first-order valence-corrected chi connectivity index (χ1v) is 3.19. The third-order valence-electron chi connectivity index (χ3n) is 1.51. The molecule has 1 N–H and O–H groups in total. The fourth-order valence-electron chi connectivity index (χ4n) is 0.897. The van der Waals surface area contributed by atoms with Crippen molar-refractivity contribution in [1.29, 1.82) is 0 Å². The van der Waals surface area contributed by atoms with Crippen molar-refractivity contribution in [3.05, 3.63) is 11.1 Å². The molecule has 0 atom stereocenters. The summed E-state index contributed by atoms with van der Waals surface area (Å²) < 4.78 is 4.60. The molecular formula is C7H8O4. The largest absolute Gasteiger partial charge is 0.481 e. The standard InChI is InChI=1S/C7H8O4/c1-4-3-11-7(10)5(4)2-6(8)9/h2-3H2,1H3,(H,8,9). The van der Waals surface area contributed by atoms with Crippen LogP contribution in [-0.4, -0.2) is 23.7 Å². The lowest BCUT2D eigenvalue weighted by Crippen LogP contribution is -2.05. The van der Waals surface area contributed by atoms with E-state index in [1.54, 1.807) is 6.92 Å². The Hall–Kier alpha value is -1.32. The molecule has 0 aromatic carbocycles. The highest BCUT2D eigenvalue weighted by Crippen LogP contribution is 2.17. The van der Waals surface area contributed by atoms with Gasteiger partial charge in [-0.25, -0.2) is 4.79 Å². The summed E-state index contributed by atoms with van der Waals surface area (Å²) in [6, 6.07) is 0. The fraction of sp³-hybridized carbons (Fsp3) is 0.429. The van der Waals surface area contributed by atoms with Crippen LogP contribution in [0.1, 0.15) is 13.3 Å². The van der Waals surface area contributed by atoms with Crippen LogP contribution in [0.2, 0.25) is 0 Å². The number of cyclic esters (lactones) is 1. The van der Waals surface area contributed by atoms with Crippen molar-refractivity contribution in [2.45, 2.75) is 13.3 Å². The van der Waals surface area contributed by atoms with Gasteiger partial charge in [-0.3, -0.25) is 4.79 Å². The van der Waals surface area contributed by atoms with Crippen molar-refractivity contribution in [2.24, 2.45) is 0 Å². The molecule has 11 heavy (non-hydrogen) atoms. The van der Waals surface area contributed by atoms with E-state index in [-0.39, 0.29) is 18.6 Å². The zero-order valence-corrected chi connectivity index (χ0v) is 6.09. The van der Waals surface area contributed by atoms with E-state index in [4.69, 9.17) is 5.11 Å². The zero-order valence-electron chi connectivity index (χ0n) is 6.09. The average Bonchev–Trinajstić information content (AvgIpc) is 2.18. The van der Waals surface area contributed by atoms with Crippen LogP contribution in [-0.2, 0) is 14.3 Å². The van der Waals surface area contributed by atoms with Crippen LogP contribution in [0.3, 0.4) is 0 Å². The van der Waals surface area contributed by atoms with Gasteiger partial charge in [0.05, 0.1) is 12.0 Å². The van der Waals surface area contributed by atoms with E-state index < -0.39 is 11.9 Å². The summed E-state index contributed by atoms with van der Waals surface area (Å²) in [5.74, 6) is -1.50. The summed E-state index contributed by atoms with van der Waals surface area (Å²) in [4.78, 5) is 21.0. The van der Waals surface area contributed by atoms with Crippen LogP contribution in [0, 0.1) is 0 Å². The number of rotatable bonds is 2. The molecule has 1 aliphatic heterocycles. The lowest BCUT2D eigenvalue weighted by Gasteiger charge is -1.93. The number of hydrogen-bond donors (Lipinski definition) is 1. The Bertz CT molecular complexity index is 239. The second-order valence-corrected chi connectivity index (χ2v) is 2.41. The first-order chi connectivity index (χ1) is 5.11. The van der Waals surface area contributed by atoms with Gasteiger partial charge >= 0.3 is 11.9 Å². The van der Waals surface area contributed by atoms with Crippen molar-refractivity contribution in [1.82, 2.24) is 0 Å². The Balaban J connectivity index is 2.75. The quantitative estimate of drug-likeness (QED) is 0.585. The van der Waals surface area contributed by atoms with E-state index in [0.29, 0.717) is 0 Å². The molecule has 0 fully saturated rings. The molecule has 1 aliphatic rings. The van der Waals surface area contributed by atoms with Crippen molar-refractivity contribution in [3.8, 4) is 0 Å². The molecule has 1 rings (SSSR count). The number of ether oxygens (including phenoxy) is 1. The summed E-state index contributed by atoms with van der Waals surface area (Å²) in [7, 11) is 0. The summed E-state index contributed by atoms with van der Waals surface area (Å²) in [6.07, 6.45) is -0.231. The number of carboxylic acid groups (broad SMARTS) is 1. The van der Waals surface area contributed by atoms with Gasteiger partial charge < -0.3 is 9.84 Å². The Kier molecular flexibility index (Phi) is 1.94. The molecule has 0 aromatic heterocycles. The lowest BCUT2D eigenvalue weighted by atomic mass is 10.1. The summed E-state index contributed by atoms with van der Waals surface area (Å²) in [6.45, 7) is 1.94. The summed E-state index contributed by atoms with van der Waals surface area (Å²) in [5.41, 5.74) is 1.01. The number of carbonyl (C=O) groups excluding carboxylic acids is 1. The first-order valence-electron chi connectivity index (χ1n) is 3.19. The van der Waals surface area contributed by atoms with Gasteiger partial charge in [0.1, 0.15) is 6.61 Å². The minimum absolute atomic E-state index is 0.231. The minimum atomic E-state index is -1.00. The van der Waals surface area contributed by atoms with E-state index in [1.807, 2.05) is 0 Å². The van der Waals surface area contributed by atoms with Gasteiger partial charge in [0.25, 0.3) is 0 Å². The van der Waals surface area contributed by atoms with Gasteiger partial charge in [-0.15, -0.1) is 0 Å². The van der Waals surface area contributed by atoms with E-state index in [2.05, 4.69) is 4.74 Å². The SMILES string of the molecule is CC1=C(CC(=O)O)C(=O)OC1. The van der Waals surface area contributed by atoms with E-state index >= 15 is 0 Å². The second-order valence-electron chi connectivity index (χ2n) is 2.41. The molecule has 4 nitrogen and oxygen atoms in total. The molecule has 0 saturated carbocycles. The predicted molar refractivity (Wildman–Crippen MR) is 35.9 cm³/mol. The first kappa shape index (κ1) is 7.78. The van der Waals surface area contributed by atoms with Crippen LogP contribution in [0.25, 0.3) is 0 Å². The Morgan fingerprint density at radius 3 is 2.73 bits per heavy atom. The van der Waals surface area contributed by atoms with Gasteiger partial charge in [-0.1, -0.05) is 0 Å². The van der Waals surface area contributed by atoms with Crippen molar-refractivity contribution < 1.29 is 19.4 Å². The van der Waals surface area contributed by atoms with E-state index in [1.165, 1.54) is 0 Å². The van der Waals surface area contributed by atoms with Crippen molar-refractivity contribution >= 4 is 11.9 Å². The van der Waals surface area contributed by atoms with Gasteiger partial charge in [0.2, 0.25) is 0 Å². The Morgan fingerprint density at radius 2 is 2.36 bits per heavy atom. The number of esters is 1. The summed E-state index contributed by atoms with van der Waals surface area (Å²) >= 11 is 0. The third-order valence-corrected chi connectivity index (χ3v) is 1.51. The molecule has 0 aliphatic carbocycles. The Morgan fingerprint density at radius 1 is 1.73 bits per heavy atom. The number of carbonyl (C=O) groups is 2. The normalized spacial score (nSPS) is 17.0. The molecule has 0 saturated heterocycles. The third kappa shape index (κ3) is 1.58. The van der Waals surface area contributed by atoms with Gasteiger partial charge in [0, 0.05) is 0 Å². The highest BCUT2D eigenvalue weighted by molar-refractivity contribution is 5.96. The monoisotopic (exact) mass is 156 g/mol. The number of aliphatic carboxylic acids is 1. The topological polar surface area (TPSA) is 63.6 Å². The van der Waals surface area contributed by atoms with Crippen LogP contribution in [0.15, 0.2) is 11.1 Å². The number of carboxylic acids is 1. The number of hydrogen-bond acceptors (Lipinski definition) is 3. The molecule has 0 spiro atoms. The molecule has 0 unspecified atom stereocenters. The van der Waals surface area contributed by atoms with Crippen LogP contribution < -0.4 is 0 Å². The van der Waals surface area contributed by atoms with Gasteiger partial charge in [0.15, 0.2) is 0 Å². The Labute approximate surface area is 63.5 Å². The molecule has 4 heteroatoms. The zero-order chi connectivity index (χ0) is 8.43. The molecule has 0 amide bonds. The summed E-state index contributed by atoms with van der Waals surface area (Å²) in [5, 5.41) is 8.37. The maximum absolute atomic E-state index is 10.8.